The quantitative estimate of drug-likeness (QED) is 0.610. The molecule has 154 valence electrons. The van der Waals surface area contributed by atoms with E-state index in [0.717, 1.165) is 22.3 Å². The summed E-state index contributed by atoms with van der Waals surface area (Å²) in [6.45, 7) is 1.99. The molecule has 4 rings (SSSR count). The third-order valence-corrected chi connectivity index (χ3v) is 5.49. The summed E-state index contributed by atoms with van der Waals surface area (Å²) in [7, 11) is 0. The molecule has 0 aromatic heterocycles. The van der Waals surface area contributed by atoms with Crippen molar-refractivity contribution in [3.05, 3.63) is 95.1 Å². The number of hydrogen-bond acceptors (Lipinski definition) is 2. The van der Waals surface area contributed by atoms with Crippen LogP contribution in [0.1, 0.15) is 22.3 Å². The standard InChI is InChI=1S/C24H20F3NO2/c1-16-6-8-19(9-7-16)23(14-17-4-2-3-5-18(17)15-23)22(29)28-20-10-12-21(13-11-20)30-24(25,26)27/h2-13H,14-15H2,1H3,(H,28,29). The highest BCUT2D eigenvalue weighted by Crippen LogP contribution is 2.41. The Morgan fingerprint density at radius 2 is 1.47 bits per heavy atom. The number of amides is 1. The highest BCUT2D eigenvalue weighted by Gasteiger charge is 2.45. The third kappa shape index (κ3) is 4.03. The van der Waals surface area contributed by atoms with E-state index in [9.17, 15) is 18.0 Å². The topological polar surface area (TPSA) is 38.3 Å². The molecule has 0 saturated carbocycles. The molecule has 0 heterocycles. The highest BCUT2D eigenvalue weighted by atomic mass is 19.4. The summed E-state index contributed by atoms with van der Waals surface area (Å²) in [5, 5.41) is 2.89. The van der Waals surface area contributed by atoms with E-state index >= 15 is 0 Å². The van der Waals surface area contributed by atoms with Gasteiger partial charge in [0.1, 0.15) is 5.75 Å². The summed E-state index contributed by atoms with van der Waals surface area (Å²) in [6.07, 6.45) is -3.63. The SMILES string of the molecule is Cc1ccc(C2(C(=O)Nc3ccc(OC(F)(F)F)cc3)Cc3ccccc3C2)cc1. The van der Waals surface area contributed by atoms with Crippen molar-refractivity contribution in [1.29, 1.82) is 0 Å². The Bertz CT molecular complexity index is 1030. The van der Waals surface area contributed by atoms with Crippen molar-refractivity contribution in [3.63, 3.8) is 0 Å². The lowest BCUT2D eigenvalue weighted by molar-refractivity contribution is -0.274. The van der Waals surface area contributed by atoms with E-state index in [2.05, 4.69) is 10.1 Å². The zero-order valence-corrected chi connectivity index (χ0v) is 16.3. The molecule has 30 heavy (non-hydrogen) atoms. The van der Waals surface area contributed by atoms with E-state index in [-0.39, 0.29) is 11.7 Å². The summed E-state index contributed by atoms with van der Waals surface area (Å²) < 4.78 is 41.0. The second kappa shape index (κ2) is 7.52. The fourth-order valence-electron chi connectivity index (χ4n) is 3.97. The van der Waals surface area contributed by atoms with E-state index in [1.165, 1.54) is 24.3 Å². The number of hydrogen-bond donors (Lipinski definition) is 1. The van der Waals surface area contributed by atoms with Crippen molar-refractivity contribution in [3.8, 4) is 5.75 Å². The van der Waals surface area contributed by atoms with Gasteiger partial charge in [-0.1, -0.05) is 54.1 Å². The molecule has 6 heteroatoms. The number of carbonyl (C=O) groups excluding carboxylic acids is 1. The monoisotopic (exact) mass is 411 g/mol. The van der Waals surface area contributed by atoms with Crippen molar-refractivity contribution in [1.82, 2.24) is 0 Å². The van der Waals surface area contributed by atoms with Crippen LogP contribution in [0.15, 0.2) is 72.8 Å². The molecule has 1 aliphatic carbocycles. The van der Waals surface area contributed by atoms with Crippen molar-refractivity contribution in [2.45, 2.75) is 31.5 Å². The summed E-state index contributed by atoms with van der Waals surface area (Å²) >= 11 is 0. The van der Waals surface area contributed by atoms with Crippen LogP contribution in [0.4, 0.5) is 18.9 Å². The predicted molar refractivity (Wildman–Crippen MR) is 108 cm³/mol. The predicted octanol–water partition coefficient (Wildman–Crippen LogP) is 5.57. The second-order valence-corrected chi connectivity index (χ2v) is 7.60. The number of anilines is 1. The molecule has 3 aromatic carbocycles. The van der Waals surface area contributed by atoms with Crippen LogP contribution in [0.2, 0.25) is 0 Å². The first-order chi connectivity index (χ1) is 14.2. The summed E-state index contributed by atoms with van der Waals surface area (Å²) in [4.78, 5) is 13.5. The van der Waals surface area contributed by atoms with Crippen LogP contribution in [0, 0.1) is 6.92 Å². The van der Waals surface area contributed by atoms with Crippen LogP contribution in [0.3, 0.4) is 0 Å². The minimum Gasteiger partial charge on any atom is -0.406 e. The van der Waals surface area contributed by atoms with Gasteiger partial charge in [-0.2, -0.15) is 0 Å². The lowest BCUT2D eigenvalue weighted by Crippen LogP contribution is -2.41. The fourth-order valence-corrected chi connectivity index (χ4v) is 3.97. The normalized spacial score (nSPS) is 14.8. The van der Waals surface area contributed by atoms with Gasteiger partial charge in [0, 0.05) is 5.69 Å². The van der Waals surface area contributed by atoms with Crippen molar-refractivity contribution >= 4 is 11.6 Å². The summed E-state index contributed by atoms with van der Waals surface area (Å²) in [5.41, 5.74) is 3.91. The van der Waals surface area contributed by atoms with Gasteiger partial charge >= 0.3 is 6.36 Å². The van der Waals surface area contributed by atoms with Gasteiger partial charge in [-0.15, -0.1) is 13.2 Å². The number of ether oxygens (including phenoxy) is 1. The maximum atomic E-state index is 13.5. The smallest absolute Gasteiger partial charge is 0.406 e. The molecule has 1 amide bonds. The van der Waals surface area contributed by atoms with Gasteiger partial charge in [0.15, 0.2) is 0 Å². The van der Waals surface area contributed by atoms with Gasteiger partial charge < -0.3 is 10.1 Å². The van der Waals surface area contributed by atoms with Gasteiger partial charge in [-0.3, -0.25) is 4.79 Å². The van der Waals surface area contributed by atoms with E-state index in [0.29, 0.717) is 18.5 Å². The molecule has 3 aromatic rings. The van der Waals surface area contributed by atoms with E-state index in [4.69, 9.17) is 0 Å². The molecule has 0 spiro atoms. The first-order valence-electron chi connectivity index (χ1n) is 9.56. The number of halogens is 3. The Labute approximate surface area is 172 Å². The van der Waals surface area contributed by atoms with Gasteiger partial charge in [0.05, 0.1) is 5.41 Å². The van der Waals surface area contributed by atoms with E-state index < -0.39 is 11.8 Å². The molecule has 0 radical (unpaired) electrons. The molecule has 0 fully saturated rings. The summed E-state index contributed by atoms with van der Waals surface area (Å²) in [5.74, 6) is -0.519. The second-order valence-electron chi connectivity index (χ2n) is 7.60. The first kappa shape index (κ1) is 20.0. The first-order valence-corrected chi connectivity index (χ1v) is 9.56. The van der Waals surface area contributed by atoms with Gasteiger partial charge in [0.2, 0.25) is 5.91 Å². The number of alkyl halides is 3. The van der Waals surface area contributed by atoms with Crippen LogP contribution in [-0.4, -0.2) is 12.3 Å². The number of rotatable bonds is 4. The fraction of sp³-hybridized carbons (Fsp3) is 0.208. The van der Waals surface area contributed by atoms with Crippen LogP contribution in [-0.2, 0) is 23.1 Å². The minimum absolute atomic E-state index is 0.188. The molecule has 0 atom stereocenters. The largest absolute Gasteiger partial charge is 0.573 e. The number of fused-ring (bicyclic) bond motifs is 1. The van der Waals surface area contributed by atoms with Gasteiger partial charge in [0.25, 0.3) is 0 Å². The Morgan fingerprint density at radius 3 is 2.00 bits per heavy atom. The Hall–Kier alpha value is -3.28. The number of nitrogens with one attached hydrogen (secondary N) is 1. The maximum absolute atomic E-state index is 13.5. The maximum Gasteiger partial charge on any atom is 0.573 e. The molecule has 0 bridgehead atoms. The molecule has 0 aliphatic heterocycles. The van der Waals surface area contributed by atoms with Crippen molar-refractivity contribution in [2.24, 2.45) is 0 Å². The number of benzene rings is 3. The molecule has 1 N–H and O–H groups in total. The zero-order chi connectivity index (χ0) is 21.4. The van der Waals surface area contributed by atoms with Crippen LogP contribution in [0.25, 0.3) is 0 Å². The minimum atomic E-state index is -4.75. The van der Waals surface area contributed by atoms with Crippen molar-refractivity contribution < 1.29 is 22.7 Å². The van der Waals surface area contributed by atoms with Crippen LogP contribution in [0.5, 0.6) is 5.75 Å². The zero-order valence-electron chi connectivity index (χ0n) is 16.3. The number of carbonyl (C=O) groups is 1. The average molecular weight is 411 g/mol. The van der Waals surface area contributed by atoms with Crippen LogP contribution >= 0.6 is 0 Å². The van der Waals surface area contributed by atoms with Gasteiger partial charge in [-0.25, -0.2) is 0 Å². The van der Waals surface area contributed by atoms with Crippen molar-refractivity contribution in [2.75, 3.05) is 5.32 Å². The lowest BCUT2D eigenvalue weighted by Gasteiger charge is -2.28. The third-order valence-electron chi connectivity index (χ3n) is 5.49. The summed E-state index contributed by atoms with van der Waals surface area (Å²) in [6, 6.07) is 21.1. The van der Waals surface area contributed by atoms with Gasteiger partial charge in [-0.05, 0) is 60.7 Å². The lowest BCUT2D eigenvalue weighted by atomic mass is 9.76. The molecule has 1 aliphatic rings. The number of aryl methyl sites for hydroxylation is 1. The molecular formula is C24H20F3NO2. The Kier molecular flexibility index (Phi) is 5.02. The molecule has 0 saturated heterocycles. The average Bonchev–Trinajstić information content (AvgIpc) is 3.10. The van der Waals surface area contributed by atoms with E-state index in [1.54, 1.807) is 0 Å². The molecule has 3 nitrogen and oxygen atoms in total. The molecule has 0 unspecified atom stereocenters. The van der Waals surface area contributed by atoms with Crippen LogP contribution < -0.4 is 10.1 Å². The Morgan fingerprint density at radius 1 is 0.900 bits per heavy atom. The highest BCUT2D eigenvalue weighted by molar-refractivity contribution is 6.00. The molecular weight excluding hydrogens is 391 g/mol. The van der Waals surface area contributed by atoms with E-state index in [1.807, 2.05) is 55.5 Å². The Balaban J connectivity index is 1.62.